The summed E-state index contributed by atoms with van der Waals surface area (Å²) in [6.07, 6.45) is 0.903. The van der Waals surface area contributed by atoms with Crippen LogP contribution in [0.3, 0.4) is 0 Å². The molecule has 0 spiro atoms. The van der Waals surface area contributed by atoms with Crippen molar-refractivity contribution in [2.45, 2.75) is 31.6 Å². The molecule has 2 heterocycles. The molecule has 1 aromatic rings. The molecule has 118 valence electrons. The van der Waals surface area contributed by atoms with Crippen molar-refractivity contribution in [3.63, 3.8) is 0 Å². The number of aliphatic carboxylic acids is 1. The van der Waals surface area contributed by atoms with Crippen molar-refractivity contribution in [1.82, 2.24) is 5.32 Å². The average molecular weight is 305 g/mol. The Bertz CT molecular complexity index is 570. The van der Waals surface area contributed by atoms with Gasteiger partial charge in [-0.1, -0.05) is 12.1 Å². The second kappa shape index (κ2) is 5.96. The predicted octanol–water partition coefficient (Wildman–Crippen LogP) is 1.19. The van der Waals surface area contributed by atoms with Crippen LogP contribution in [0.4, 0.5) is 0 Å². The number of carbonyl (C=O) groups is 2. The van der Waals surface area contributed by atoms with Gasteiger partial charge in [-0.2, -0.15) is 0 Å². The van der Waals surface area contributed by atoms with Crippen LogP contribution < -0.4 is 10.1 Å². The molecule has 0 aliphatic carbocycles. The van der Waals surface area contributed by atoms with E-state index in [4.69, 9.17) is 9.47 Å². The smallest absolute Gasteiger partial charge is 0.310 e. The van der Waals surface area contributed by atoms with Crippen LogP contribution in [0.5, 0.6) is 5.75 Å². The van der Waals surface area contributed by atoms with Crippen LogP contribution >= 0.6 is 0 Å². The molecule has 2 N–H and O–H groups in total. The Morgan fingerprint density at radius 1 is 1.23 bits per heavy atom. The molecule has 1 amide bonds. The zero-order valence-electron chi connectivity index (χ0n) is 12.3. The maximum Gasteiger partial charge on any atom is 0.310 e. The molecule has 6 heteroatoms. The molecule has 6 nitrogen and oxygen atoms in total. The summed E-state index contributed by atoms with van der Waals surface area (Å²) in [4.78, 5) is 23.7. The molecule has 22 heavy (non-hydrogen) atoms. The number of nitrogens with one attached hydrogen (secondary N) is 1. The normalized spacial score (nSPS) is 29.3. The molecule has 2 saturated heterocycles. The van der Waals surface area contributed by atoms with E-state index in [-0.39, 0.29) is 18.1 Å². The third-order valence-electron chi connectivity index (χ3n) is 4.49. The van der Waals surface area contributed by atoms with E-state index in [1.54, 1.807) is 7.11 Å². The summed E-state index contributed by atoms with van der Waals surface area (Å²) < 4.78 is 10.7. The first-order valence-corrected chi connectivity index (χ1v) is 7.39. The van der Waals surface area contributed by atoms with Gasteiger partial charge in [0, 0.05) is 6.54 Å². The molecule has 0 radical (unpaired) electrons. The lowest BCUT2D eigenvalue weighted by Crippen LogP contribution is -2.43. The Morgan fingerprint density at radius 3 is 2.45 bits per heavy atom. The highest BCUT2D eigenvalue weighted by Crippen LogP contribution is 2.43. The first-order chi connectivity index (χ1) is 10.6. The van der Waals surface area contributed by atoms with E-state index < -0.39 is 17.8 Å². The zero-order valence-corrected chi connectivity index (χ0v) is 12.3. The van der Waals surface area contributed by atoms with E-state index in [9.17, 15) is 14.7 Å². The maximum atomic E-state index is 12.4. The molecule has 0 unspecified atom stereocenters. The molecule has 2 aliphatic rings. The third-order valence-corrected chi connectivity index (χ3v) is 4.49. The Labute approximate surface area is 128 Å². The van der Waals surface area contributed by atoms with Crippen LogP contribution in [0.25, 0.3) is 0 Å². The monoisotopic (exact) mass is 305 g/mol. The fourth-order valence-corrected chi connectivity index (χ4v) is 3.38. The average Bonchev–Trinajstić information content (AvgIpc) is 3.14. The van der Waals surface area contributed by atoms with Gasteiger partial charge >= 0.3 is 5.97 Å². The summed E-state index contributed by atoms with van der Waals surface area (Å²) in [5, 5.41) is 12.1. The van der Waals surface area contributed by atoms with Gasteiger partial charge in [-0.3, -0.25) is 9.59 Å². The summed E-state index contributed by atoms with van der Waals surface area (Å²) in [7, 11) is 1.60. The van der Waals surface area contributed by atoms with E-state index in [1.807, 2.05) is 24.3 Å². The largest absolute Gasteiger partial charge is 0.497 e. The molecule has 4 atom stereocenters. The molecule has 1 aromatic carbocycles. The second-order valence-corrected chi connectivity index (χ2v) is 5.75. The van der Waals surface area contributed by atoms with Crippen molar-refractivity contribution in [2.24, 2.45) is 11.8 Å². The fourth-order valence-electron chi connectivity index (χ4n) is 3.38. The predicted molar refractivity (Wildman–Crippen MR) is 77.4 cm³/mol. The third kappa shape index (κ3) is 2.66. The number of hydrogen-bond acceptors (Lipinski definition) is 4. The minimum absolute atomic E-state index is 0.240. The summed E-state index contributed by atoms with van der Waals surface area (Å²) >= 11 is 0. The summed E-state index contributed by atoms with van der Waals surface area (Å²) in [6, 6.07) is 7.38. The van der Waals surface area contributed by atoms with Crippen LogP contribution in [0.1, 0.15) is 18.4 Å². The Hall–Kier alpha value is -2.08. The summed E-state index contributed by atoms with van der Waals surface area (Å²) in [5.41, 5.74) is 0.935. The molecule has 2 bridgehead atoms. The van der Waals surface area contributed by atoms with Crippen molar-refractivity contribution in [1.29, 1.82) is 0 Å². The molecule has 0 saturated carbocycles. The molecule has 3 rings (SSSR count). The van der Waals surface area contributed by atoms with Gasteiger partial charge < -0.3 is 19.9 Å². The summed E-state index contributed by atoms with van der Waals surface area (Å²) in [5.74, 6) is -1.75. The molecule has 2 aliphatic heterocycles. The fraction of sp³-hybridized carbons (Fsp3) is 0.500. The van der Waals surface area contributed by atoms with Crippen molar-refractivity contribution in [2.75, 3.05) is 7.11 Å². The molecular formula is C16H19NO5. The van der Waals surface area contributed by atoms with Gasteiger partial charge in [0.15, 0.2) is 0 Å². The van der Waals surface area contributed by atoms with E-state index >= 15 is 0 Å². The topological polar surface area (TPSA) is 84.9 Å². The minimum atomic E-state index is -0.947. The highest BCUT2D eigenvalue weighted by atomic mass is 16.5. The number of benzene rings is 1. The number of carbonyl (C=O) groups excluding carboxylic acids is 1. The number of fused-ring (bicyclic) bond motifs is 2. The first-order valence-electron chi connectivity index (χ1n) is 7.39. The van der Waals surface area contributed by atoms with Crippen molar-refractivity contribution in [3.05, 3.63) is 29.8 Å². The van der Waals surface area contributed by atoms with Crippen LogP contribution in [-0.2, 0) is 20.9 Å². The lowest BCUT2D eigenvalue weighted by Gasteiger charge is -2.23. The number of hydrogen-bond donors (Lipinski definition) is 2. The van der Waals surface area contributed by atoms with Gasteiger partial charge in [-0.25, -0.2) is 0 Å². The standard InChI is InChI=1S/C16H19NO5/c1-21-10-4-2-9(3-5-10)8-17-15(18)13-11-6-7-12(22-11)14(13)16(19)20/h2-5,11-14H,6-8H2,1H3,(H,17,18)(H,19,20)/t11-,12+,13-,14+/m1/s1. The van der Waals surface area contributed by atoms with E-state index in [0.717, 1.165) is 24.2 Å². The number of amides is 1. The van der Waals surface area contributed by atoms with Gasteiger partial charge in [0.1, 0.15) is 5.75 Å². The van der Waals surface area contributed by atoms with Gasteiger partial charge in [0.25, 0.3) is 0 Å². The number of carboxylic acid groups (broad SMARTS) is 1. The Balaban J connectivity index is 1.62. The zero-order chi connectivity index (χ0) is 15.7. The van der Waals surface area contributed by atoms with Crippen LogP contribution in [0.15, 0.2) is 24.3 Å². The summed E-state index contributed by atoms with van der Waals surface area (Å²) in [6.45, 7) is 0.364. The lowest BCUT2D eigenvalue weighted by molar-refractivity contribution is -0.147. The van der Waals surface area contributed by atoms with Crippen molar-refractivity contribution in [3.8, 4) is 5.75 Å². The number of methoxy groups -OCH3 is 1. The van der Waals surface area contributed by atoms with E-state index in [2.05, 4.69) is 5.32 Å². The van der Waals surface area contributed by atoms with Crippen LogP contribution in [0.2, 0.25) is 0 Å². The second-order valence-electron chi connectivity index (χ2n) is 5.75. The molecular weight excluding hydrogens is 286 g/mol. The Kier molecular flexibility index (Phi) is 4.02. The van der Waals surface area contributed by atoms with Crippen molar-refractivity contribution < 1.29 is 24.2 Å². The molecule has 2 fully saturated rings. The molecule has 0 aromatic heterocycles. The van der Waals surface area contributed by atoms with Crippen molar-refractivity contribution >= 4 is 11.9 Å². The minimum Gasteiger partial charge on any atom is -0.497 e. The highest BCUT2D eigenvalue weighted by molar-refractivity contribution is 5.86. The number of ether oxygens (including phenoxy) is 2. The van der Waals surface area contributed by atoms with E-state index in [0.29, 0.717) is 6.54 Å². The SMILES string of the molecule is COc1ccc(CNC(=O)[C@H]2[C@@H](C(=O)O)[C@@H]3CC[C@H]2O3)cc1. The van der Waals surface area contributed by atoms with Gasteiger partial charge in [-0.05, 0) is 30.5 Å². The van der Waals surface area contributed by atoms with Crippen LogP contribution in [0, 0.1) is 11.8 Å². The van der Waals surface area contributed by atoms with Crippen LogP contribution in [-0.4, -0.2) is 36.3 Å². The Morgan fingerprint density at radius 2 is 1.86 bits per heavy atom. The van der Waals surface area contributed by atoms with E-state index in [1.165, 1.54) is 0 Å². The van der Waals surface area contributed by atoms with Gasteiger partial charge in [0.05, 0.1) is 31.2 Å². The first kappa shape index (κ1) is 14.8. The highest BCUT2D eigenvalue weighted by Gasteiger charge is 2.55. The maximum absolute atomic E-state index is 12.4. The van der Waals surface area contributed by atoms with Gasteiger partial charge in [0.2, 0.25) is 5.91 Å². The number of carboxylic acids is 1. The van der Waals surface area contributed by atoms with Gasteiger partial charge in [-0.15, -0.1) is 0 Å². The lowest BCUT2D eigenvalue weighted by atomic mass is 9.78. The quantitative estimate of drug-likeness (QED) is 0.853. The number of rotatable bonds is 5.